The Morgan fingerprint density at radius 2 is 1.28 bits per heavy atom. The average Bonchev–Trinajstić information content (AvgIpc) is 3.85. The Hall–Kier alpha value is -6.13. The first kappa shape index (κ1) is 34.0. The van der Waals surface area contributed by atoms with E-state index >= 15 is 0 Å². The smallest absolute Gasteiger partial charge is 0.188 e. The number of aryl methyl sites for hydroxylation is 1. The van der Waals surface area contributed by atoms with Gasteiger partial charge in [0.1, 0.15) is 13.9 Å². The molecule has 7 aromatic carbocycles. The number of para-hydroxylation sites is 3. The van der Waals surface area contributed by atoms with Gasteiger partial charge in [0.25, 0.3) is 0 Å². The van der Waals surface area contributed by atoms with Crippen LogP contribution in [0.5, 0.6) is 0 Å². The molecule has 0 amide bonds. The van der Waals surface area contributed by atoms with Crippen molar-refractivity contribution in [3.63, 3.8) is 0 Å². The fourth-order valence-corrected chi connectivity index (χ4v) is 13.3. The quantitative estimate of drug-likeness (QED) is 0.0848. The SMILES string of the molecule is [2H]C([2H])([2H])n1[cH+]n(-c2[c-]c([Si](c3[c-]c4c(cc3)c3ccccc3n4-c3cc(-c4ccccc4C(C)C)ccn3)(c3ccccc3)c3ccccc3)ccc2)c2ccccc21.[Pt]. The molecule has 0 fully saturated rings. The molecule has 0 aliphatic heterocycles. The van der Waals surface area contributed by atoms with Crippen molar-refractivity contribution in [3.8, 4) is 22.6 Å². The van der Waals surface area contributed by atoms with Crippen molar-refractivity contribution >= 4 is 61.7 Å². The molecule has 0 bridgehead atoms. The van der Waals surface area contributed by atoms with Crippen molar-refractivity contribution in [1.82, 2.24) is 18.7 Å². The van der Waals surface area contributed by atoms with Gasteiger partial charge in [0.05, 0.1) is 0 Å². The van der Waals surface area contributed by atoms with Gasteiger partial charge in [-0.15, -0.1) is 22.7 Å². The van der Waals surface area contributed by atoms with Gasteiger partial charge in [0.15, 0.2) is 17.4 Å². The van der Waals surface area contributed by atoms with Crippen LogP contribution in [0.3, 0.4) is 0 Å². The number of imidazole rings is 1. The molecular weight excluding hydrogens is 904 g/mol. The zero-order valence-corrected chi connectivity index (χ0v) is 35.4. The minimum atomic E-state index is -3.21. The number of hydrogen-bond donors (Lipinski definition) is 0. The van der Waals surface area contributed by atoms with Crippen LogP contribution in [0.1, 0.15) is 29.4 Å². The molecule has 6 heteroatoms. The topological polar surface area (TPSA) is 27.7 Å². The number of hydrogen-bond acceptors (Lipinski definition) is 1. The summed E-state index contributed by atoms with van der Waals surface area (Å²) < 4.78 is 30.6. The van der Waals surface area contributed by atoms with E-state index in [0.29, 0.717) is 11.4 Å². The average molecular weight is 948 g/mol. The van der Waals surface area contributed by atoms with Crippen molar-refractivity contribution in [2.75, 3.05) is 0 Å². The molecule has 0 saturated carbocycles. The molecule has 10 aromatic rings. The summed E-state index contributed by atoms with van der Waals surface area (Å²) in [5.41, 5.74) is 7.81. The van der Waals surface area contributed by atoms with Gasteiger partial charge in [-0.1, -0.05) is 122 Å². The molecule has 10 rings (SSSR count). The summed E-state index contributed by atoms with van der Waals surface area (Å²) in [7, 11) is -3.21. The van der Waals surface area contributed by atoms with Crippen LogP contribution in [0.2, 0.25) is 0 Å². The molecule has 0 unspecified atom stereocenters. The Labute approximate surface area is 359 Å². The molecule has 0 saturated heterocycles. The predicted octanol–water partition coefficient (Wildman–Crippen LogP) is 9.51. The Kier molecular flexibility index (Phi) is 8.97. The van der Waals surface area contributed by atoms with Crippen LogP contribution in [0, 0.1) is 12.1 Å². The second kappa shape index (κ2) is 15.3. The molecule has 284 valence electrons. The van der Waals surface area contributed by atoms with E-state index in [2.05, 4.69) is 176 Å². The van der Waals surface area contributed by atoms with Gasteiger partial charge >= 0.3 is 0 Å². The first-order valence-electron chi connectivity index (χ1n) is 20.9. The van der Waals surface area contributed by atoms with Gasteiger partial charge in [-0.05, 0) is 68.7 Å². The molecule has 0 spiro atoms. The van der Waals surface area contributed by atoms with Crippen LogP contribution in [0.15, 0.2) is 188 Å². The zero-order valence-electron chi connectivity index (χ0n) is 35.1. The molecule has 58 heavy (non-hydrogen) atoms. The van der Waals surface area contributed by atoms with E-state index in [-0.39, 0.29) is 21.1 Å². The summed E-state index contributed by atoms with van der Waals surface area (Å²) in [4.78, 5) is 5.04. The van der Waals surface area contributed by atoms with Gasteiger partial charge in [0.2, 0.25) is 0 Å². The Bertz CT molecular complexity index is 3150. The van der Waals surface area contributed by atoms with Crippen LogP contribution >= 0.6 is 0 Å². The summed E-state index contributed by atoms with van der Waals surface area (Å²) in [6.07, 6.45) is 3.60. The van der Waals surface area contributed by atoms with Gasteiger partial charge in [-0.3, -0.25) is 0 Å². The van der Waals surface area contributed by atoms with Crippen LogP contribution in [0.25, 0.3) is 55.5 Å². The van der Waals surface area contributed by atoms with Crippen LogP contribution in [0.4, 0.5) is 0 Å². The van der Waals surface area contributed by atoms with Crippen molar-refractivity contribution in [2.45, 2.75) is 19.8 Å². The Balaban J connectivity index is 0.00000476. The van der Waals surface area contributed by atoms with Crippen molar-refractivity contribution in [2.24, 2.45) is 6.98 Å². The van der Waals surface area contributed by atoms with Gasteiger partial charge in [-0.25, -0.2) is 14.1 Å². The van der Waals surface area contributed by atoms with Crippen molar-refractivity contribution in [3.05, 3.63) is 206 Å². The third kappa shape index (κ3) is 6.09. The minimum Gasteiger partial charge on any atom is -0.319 e. The monoisotopic (exact) mass is 947 g/mol. The summed E-state index contributed by atoms with van der Waals surface area (Å²) in [5, 5.41) is 6.69. The van der Waals surface area contributed by atoms with Gasteiger partial charge in [0, 0.05) is 61.7 Å². The first-order chi connectivity index (χ1) is 29.2. The number of benzene rings is 7. The number of fused-ring (bicyclic) bond motifs is 4. The van der Waals surface area contributed by atoms with E-state index in [1.54, 1.807) is 6.33 Å². The van der Waals surface area contributed by atoms with E-state index in [9.17, 15) is 0 Å². The molecular formula is C52H41N4PtSi-. The molecule has 0 N–H and O–H groups in total. The molecule has 0 aliphatic carbocycles. The molecule has 0 atom stereocenters. The maximum atomic E-state index is 8.35. The minimum absolute atomic E-state index is 0. The number of rotatable bonds is 8. The van der Waals surface area contributed by atoms with E-state index in [1.807, 2.05) is 41.1 Å². The molecule has 0 radical (unpaired) electrons. The molecule has 3 aromatic heterocycles. The molecule has 4 nitrogen and oxygen atoms in total. The van der Waals surface area contributed by atoms with Gasteiger partial charge in [-0.2, -0.15) is 35.5 Å². The summed E-state index contributed by atoms with van der Waals surface area (Å²) in [5.74, 6) is 1.19. The fourth-order valence-electron chi connectivity index (χ4n) is 8.75. The second-order valence-corrected chi connectivity index (χ2v) is 18.6. The standard InChI is InChI=1S/C52H41N4Si.Pt/c1-37(2)44-23-10-11-24-45(44)38-31-32-53-52(33-38)56-48-26-13-12-25-46(48)47-30-29-43(35-51(47)56)57(40-18-6-4-7-19-40,41-20-8-5-9-21-41)42-22-16-17-39(34-42)55-36-54(3)49-27-14-15-28-50(49)55;/h4-33,36-37H,1-3H3;/q-1;/i3D3;. The Morgan fingerprint density at radius 1 is 0.621 bits per heavy atom. The molecule has 0 aliphatic rings. The normalized spacial score (nSPS) is 12.7. The number of nitrogens with zero attached hydrogens (tertiary/aromatic N) is 4. The number of aromatic nitrogens is 4. The van der Waals surface area contributed by atoms with Crippen LogP contribution in [-0.4, -0.2) is 26.8 Å². The number of pyridine rings is 1. The molecule has 3 heterocycles. The fraction of sp³-hybridized carbons (Fsp3) is 0.0769. The van der Waals surface area contributed by atoms with Crippen molar-refractivity contribution < 1.29 is 25.2 Å². The van der Waals surface area contributed by atoms with Crippen LogP contribution < -0.4 is 20.7 Å². The third-order valence-corrected chi connectivity index (χ3v) is 15.9. The summed E-state index contributed by atoms with van der Waals surface area (Å²) in [6.45, 7) is 2.12. The summed E-state index contributed by atoms with van der Waals surface area (Å²) in [6, 6.07) is 69.4. The maximum Gasteiger partial charge on any atom is 0.188 e. The maximum absolute atomic E-state index is 8.35. The van der Waals surface area contributed by atoms with Gasteiger partial charge < -0.3 is 4.57 Å². The third-order valence-electron chi connectivity index (χ3n) is 11.3. The van der Waals surface area contributed by atoms with E-state index < -0.39 is 15.0 Å². The Morgan fingerprint density at radius 3 is 2.02 bits per heavy atom. The van der Waals surface area contributed by atoms with Crippen LogP contribution in [-0.2, 0) is 28.0 Å². The van der Waals surface area contributed by atoms with E-state index in [0.717, 1.165) is 54.8 Å². The second-order valence-electron chi connectivity index (χ2n) is 14.9. The van der Waals surface area contributed by atoms with E-state index in [4.69, 9.17) is 9.10 Å². The van der Waals surface area contributed by atoms with Crippen molar-refractivity contribution in [1.29, 1.82) is 0 Å². The first-order valence-corrected chi connectivity index (χ1v) is 21.4. The summed E-state index contributed by atoms with van der Waals surface area (Å²) >= 11 is 0. The predicted molar refractivity (Wildman–Crippen MR) is 240 cm³/mol. The zero-order chi connectivity index (χ0) is 41.0. The largest absolute Gasteiger partial charge is 0.319 e. The van der Waals surface area contributed by atoms with E-state index in [1.165, 1.54) is 26.1 Å².